The van der Waals surface area contributed by atoms with Crippen LogP contribution in [0.15, 0.2) is 72.8 Å². The second-order valence-corrected chi connectivity index (χ2v) is 7.03. The standard InChI is InChI=1S/C22H18N2O2S/c1-2-15-9-8-14-19-20(15)23-22(27-19)24-21(25)17-12-6-7-13-18(17)26-16-10-4-3-5-11-16/h3-14H,2H2,1H3,(H,23,24,25). The number of fused-ring (bicyclic) bond motifs is 1. The number of nitrogens with one attached hydrogen (secondary N) is 1. The lowest BCUT2D eigenvalue weighted by Crippen LogP contribution is -2.12. The van der Waals surface area contributed by atoms with Gasteiger partial charge in [-0.2, -0.15) is 0 Å². The van der Waals surface area contributed by atoms with Crippen LogP contribution in [-0.2, 0) is 6.42 Å². The minimum Gasteiger partial charge on any atom is -0.457 e. The maximum Gasteiger partial charge on any atom is 0.261 e. The number of anilines is 1. The fourth-order valence-electron chi connectivity index (χ4n) is 2.87. The first-order chi connectivity index (χ1) is 13.2. The van der Waals surface area contributed by atoms with Crippen molar-refractivity contribution in [1.29, 1.82) is 0 Å². The van der Waals surface area contributed by atoms with Gasteiger partial charge in [-0.3, -0.25) is 10.1 Å². The van der Waals surface area contributed by atoms with Crippen molar-refractivity contribution < 1.29 is 9.53 Å². The first-order valence-electron chi connectivity index (χ1n) is 8.76. The third-order valence-corrected chi connectivity index (χ3v) is 5.14. The van der Waals surface area contributed by atoms with Crippen molar-refractivity contribution in [2.75, 3.05) is 5.32 Å². The maximum atomic E-state index is 12.8. The van der Waals surface area contributed by atoms with Gasteiger partial charge in [-0.05, 0) is 42.3 Å². The number of carbonyl (C=O) groups is 1. The average molecular weight is 374 g/mol. The summed E-state index contributed by atoms with van der Waals surface area (Å²) in [7, 11) is 0. The van der Waals surface area contributed by atoms with Crippen molar-refractivity contribution in [1.82, 2.24) is 4.98 Å². The Labute approximate surface area is 161 Å². The molecule has 0 atom stereocenters. The van der Waals surface area contributed by atoms with Crippen LogP contribution in [0.1, 0.15) is 22.8 Å². The van der Waals surface area contributed by atoms with Gasteiger partial charge in [-0.1, -0.05) is 60.7 Å². The summed E-state index contributed by atoms with van der Waals surface area (Å²) in [6.45, 7) is 2.10. The number of thiazole rings is 1. The zero-order valence-corrected chi connectivity index (χ0v) is 15.6. The highest BCUT2D eigenvalue weighted by Crippen LogP contribution is 2.30. The third-order valence-electron chi connectivity index (χ3n) is 4.21. The highest BCUT2D eigenvalue weighted by Gasteiger charge is 2.15. The number of ether oxygens (including phenoxy) is 1. The van der Waals surface area contributed by atoms with Crippen molar-refractivity contribution in [2.24, 2.45) is 0 Å². The zero-order valence-electron chi connectivity index (χ0n) is 14.8. The number of para-hydroxylation sites is 3. The predicted octanol–water partition coefficient (Wildman–Crippen LogP) is 5.90. The van der Waals surface area contributed by atoms with E-state index in [1.54, 1.807) is 12.1 Å². The van der Waals surface area contributed by atoms with Crippen molar-refractivity contribution in [3.05, 3.63) is 83.9 Å². The van der Waals surface area contributed by atoms with Crippen molar-refractivity contribution in [3.63, 3.8) is 0 Å². The van der Waals surface area contributed by atoms with Crippen LogP contribution in [0.2, 0.25) is 0 Å². The zero-order chi connectivity index (χ0) is 18.6. The lowest BCUT2D eigenvalue weighted by molar-refractivity contribution is 0.102. The first-order valence-corrected chi connectivity index (χ1v) is 9.58. The Hall–Kier alpha value is -3.18. The molecule has 0 aliphatic rings. The molecule has 4 aromatic rings. The maximum absolute atomic E-state index is 12.8. The van der Waals surface area contributed by atoms with Gasteiger partial charge in [0, 0.05) is 0 Å². The molecule has 1 N–H and O–H groups in total. The number of rotatable bonds is 5. The normalized spacial score (nSPS) is 10.7. The number of nitrogens with zero attached hydrogens (tertiary/aromatic N) is 1. The smallest absolute Gasteiger partial charge is 0.261 e. The summed E-state index contributed by atoms with van der Waals surface area (Å²) >= 11 is 1.48. The summed E-state index contributed by atoms with van der Waals surface area (Å²) in [6.07, 6.45) is 0.905. The summed E-state index contributed by atoms with van der Waals surface area (Å²) in [4.78, 5) is 17.4. The molecule has 1 amide bonds. The Morgan fingerprint density at radius 1 is 1.00 bits per heavy atom. The number of aromatic nitrogens is 1. The molecule has 0 radical (unpaired) electrons. The van der Waals surface area contributed by atoms with E-state index >= 15 is 0 Å². The summed E-state index contributed by atoms with van der Waals surface area (Å²) < 4.78 is 6.95. The largest absolute Gasteiger partial charge is 0.457 e. The van der Waals surface area contributed by atoms with E-state index < -0.39 is 0 Å². The van der Waals surface area contributed by atoms with Crippen LogP contribution in [0.3, 0.4) is 0 Å². The molecule has 0 saturated heterocycles. The van der Waals surface area contributed by atoms with Gasteiger partial charge in [-0.25, -0.2) is 4.98 Å². The topological polar surface area (TPSA) is 51.2 Å². The Kier molecular flexibility index (Phi) is 4.85. The van der Waals surface area contributed by atoms with E-state index in [9.17, 15) is 4.79 Å². The average Bonchev–Trinajstić information content (AvgIpc) is 3.11. The van der Waals surface area contributed by atoms with Crippen LogP contribution in [0.5, 0.6) is 11.5 Å². The molecule has 0 saturated carbocycles. The van der Waals surface area contributed by atoms with E-state index in [4.69, 9.17) is 4.74 Å². The van der Waals surface area contributed by atoms with Crippen molar-refractivity contribution in [3.8, 4) is 11.5 Å². The van der Waals surface area contributed by atoms with E-state index in [0.29, 0.717) is 22.2 Å². The molecule has 27 heavy (non-hydrogen) atoms. The van der Waals surface area contributed by atoms with Gasteiger partial charge >= 0.3 is 0 Å². The van der Waals surface area contributed by atoms with Gasteiger partial charge in [0.15, 0.2) is 5.13 Å². The number of carbonyl (C=O) groups excluding carboxylic acids is 1. The molecule has 0 fully saturated rings. The summed E-state index contributed by atoms with van der Waals surface area (Å²) in [6, 6.07) is 22.7. The van der Waals surface area contributed by atoms with Gasteiger partial charge in [0.25, 0.3) is 5.91 Å². The molecule has 1 heterocycles. The van der Waals surface area contributed by atoms with Crippen LogP contribution >= 0.6 is 11.3 Å². The molecule has 0 bridgehead atoms. The minimum absolute atomic E-state index is 0.237. The van der Waals surface area contributed by atoms with Gasteiger partial charge < -0.3 is 4.74 Å². The number of hydrogen-bond donors (Lipinski definition) is 1. The SMILES string of the molecule is CCc1cccc2sc(NC(=O)c3ccccc3Oc3ccccc3)nc12. The van der Waals surface area contributed by atoms with Crippen LogP contribution in [0.4, 0.5) is 5.13 Å². The van der Waals surface area contributed by atoms with Gasteiger partial charge in [-0.15, -0.1) is 0 Å². The second kappa shape index (κ2) is 7.60. The molecule has 0 spiro atoms. The summed E-state index contributed by atoms with van der Waals surface area (Å²) in [5.41, 5.74) is 2.60. The summed E-state index contributed by atoms with van der Waals surface area (Å²) in [5.74, 6) is 0.959. The monoisotopic (exact) mass is 374 g/mol. The van der Waals surface area contributed by atoms with Gasteiger partial charge in [0.2, 0.25) is 0 Å². The summed E-state index contributed by atoms with van der Waals surface area (Å²) in [5, 5.41) is 3.50. The molecule has 1 aromatic heterocycles. The van der Waals surface area contributed by atoms with E-state index in [2.05, 4.69) is 23.3 Å². The molecule has 134 valence electrons. The Morgan fingerprint density at radius 3 is 2.59 bits per heavy atom. The fraction of sp³-hybridized carbons (Fsp3) is 0.0909. The van der Waals surface area contributed by atoms with Crippen LogP contribution in [0, 0.1) is 0 Å². The molecule has 4 nitrogen and oxygen atoms in total. The number of hydrogen-bond acceptors (Lipinski definition) is 4. The molecular formula is C22H18N2O2S. The highest BCUT2D eigenvalue weighted by molar-refractivity contribution is 7.22. The van der Waals surface area contributed by atoms with E-state index in [1.807, 2.05) is 54.6 Å². The lowest BCUT2D eigenvalue weighted by Gasteiger charge is -2.10. The lowest BCUT2D eigenvalue weighted by atomic mass is 10.1. The second-order valence-electron chi connectivity index (χ2n) is 6.00. The van der Waals surface area contributed by atoms with Crippen LogP contribution in [-0.4, -0.2) is 10.9 Å². The number of amides is 1. The first kappa shape index (κ1) is 17.2. The Morgan fingerprint density at radius 2 is 1.78 bits per heavy atom. The van der Waals surface area contributed by atoms with Gasteiger partial charge in [0.05, 0.1) is 15.8 Å². The molecular weight excluding hydrogens is 356 g/mol. The number of benzene rings is 3. The van der Waals surface area contributed by atoms with E-state index in [1.165, 1.54) is 16.9 Å². The molecule has 4 rings (SSSR count). The molecule has 0 aliphatic carbocycles. The molecule has 3 aromatic carbocycles. The molecule has 5 heteroatoms. The van der Waals surface area contributed by atoms with Crippen molar-refractivity contribution >= 4 is 32.6 Å². The minimum atomic E-state index is -0.237. The van der Waals surface area contributed by atoms with E-state index in [0.717, 1.165) is 16.6 Å². The van der Waals surface area contributed by atoms with Crippen LogP contribution < -0.4 is 10.1 Å². The fourth-order valence-corrected chi connectivity index (χ4v) is 3.78. The number of aryl methyl sites for hydroxylation is 1. The van der Waals surface area contributed by atoms with E-state index in [-0.39, 0.29) is 5.91 Å². The van der Waals surface area contributed by atoms with Gasteiger partial charge in [0.1, 0.15) is 11.5 Å². The highest BCUT2D eigenvalue weighted by atomic mass is 32.1. The predicted molar refractivity (Wildman–Crippen MR) is 110 cm³/mol. The molecule has 0 aliphatic heterocycles. The quantitative estimate of drug-likeness (QED) is 0.473. The Bertz CT molecular complexity index is 1090. The van der Waals surface area contributed by atoms with Crippen molar-refractivity contribution in [2.45, 2.75) is 13.3 Å². The van der Waals surface area contributed by atoms with Crippen LogP contribution in [0.25, 0.3) is 10.2 Å². The molecule has 0 unspecified atom stereocenters. The third kappa shape index (κ3) is 3.68. The Balaban J connectivity index is 1.60.